The number of rotatable bonds is 1. The fourth-order valence-electron chi connectivity index (χ4n) is 0.688. The third-order valence-corrected chi connectivity index (χ3v) is 2.04. The van der Waals surface area contributed by atoms with Crippen LogP contribution < -0.4 is 0 Å². The second-order valence-electron chi connectivity index (χ2n) is 3.05. The van der Waals surface area contributed by atoms with E-state index in [0.29, 0.717) is 11.8 Å². The second-order valence-corrected chi connectivity index (χ2v) is 3.90. The van der Waals surface area contributed by atoms with Crippen LogP contribution in [-0.4, -0.2) is 17.2 Å². The molecule has 1 N–H and O–H groups in total. The first-order chi connectivity index (χ1) is 7.84. The highest BCUT2D eigenvalue weighted by atomic mass is 79.9. The number of hydrogen-bond acceptors (Lipinski definition) is 3. The molecule has 0 bridgehead atoms. The van der Waals surface area contributed by atoms with E-state index < -0.39 is 23.0 Å². The van der Waals surface area contributed by atoms with Gasteiger partial charge in [0, 0.05) is 0 Å². The van der Waals surface area contributed by atoms with Gasteiger partial charge in [-0.3, -0.25) is 4.79 Å². The van der Waals surface area contributed by atoms with E-state index in [4.69, 9.17) is 5.21 Å². The maximum absolute atomic E-state index is 12.6. The number of halogens is 4. The van der Waals surface area contributed by atoms with Crippen molar-refractivity contribution in [1.82, 2.24) is 0 Å². The molecule has 94 valence electrons. The molecule has 0 radical (unpaired) electrons. The van der Waals surface area contributed by atoms with Crippen LogP contribution in [0.5, 0.6) is 0 Å². The Morgan fingerprint density at radius 3 is 2.18 bits per heavy atom. The molecule has 0 amide bonds. The van der Waals surface area contributed by atoms with E-state index in [0.717, 1.165) is 0 Å². The molecule has 0 heterocycles. The molecule has 0 aliphatic carbocycles. The van der Waals surface area contributed by atoms with Crippen LogP contribution in [0, 0.1) is 17.5 Å². The number of carbonyl (C=O) groups is 1. The van der Waals surface area contributed by atoms with Gasteiger partial charge < -0.3 is 5.21 Å². The van der Waals surface area contributed by atoms with Crippen LogP contribution in [-0.2, 0) is 0 Å². The molecule has 0 saturated heterocycles. The number of carbonyl (C=O) groups excluding carboxylic acids is 1. The van der Waals surface area contributed by atoms with E-state index >= 15 is 0 Å². The minimum atomic E-state index is -1.48. The summed E-state index contributed by atoms with van der Waals surface area (Å²) in [7, 11) is 0. The molecule has 7 heteroatoms. The van der Waals surface area contributed by atoms with Crippen molar-refractivity contribution in [1.29, 1.82) is 0 Å². The molecule has 0 aliphatic rings. The van der Waals surface area contributed by atoms with Crippen LogP contribution in [0.2, 0.25) is 0 Å². The Kier molecular flexibility index (Phi) is 6.48. The molecular weight excluding hydrogens is 303 g/mol. The van der Waals surface area contributed by atoms with Crippen molar-refractivity contribution in [3.05, 3.63) is 33.6 Å². The largest absolute Gasteiger partial charge is 0.411 e. The van der Waals surface area contributed by atoms with Gasteiger partial charge in [0.15, 0.2) is 17.9 Å². The molecule has 3 nitrogen and oxygen atoms in total. The molecule has 0 saturated carbocycles. The molecule has 0 atom stereocenters. The van der Waals surface area contributed by atoms with Gasteiger partial charge in [-0.05, 0) is 35.8 Å². The average Bonchev–Trinajstić information content (AvgIpc) is 2.27. The van der Waals surface area contributed by atoms with E-state index in [1.54, 1.807) is 13.8 Å². The van der Waals surface area contributed by atoms with Gasteiger partial charge in [0.05, 0.1) is 15.7 Å². The monoisotopic (exact) mass is 311 g/mol. The fourth-order valence-corrected chi connectivity index (χ4v) is 1.06. The normalized spacial score (nSPS) is 9.06. The van der Waals surface area contributed by atoms with Crippen LogP contribution in [0.3, 0.4) is 0 Å². The summed E-state index contributed by atoms with van der Waals surface area (Å²) in [5, 5.41) is 10.5. The van der Waals surface area contributed by atoms with E-state index in [1.807, 2.05) is 0 Å². The second kappa shape index (κ2) is 7.05. The van der Waals surface area contributed by atoms with Crippen LogP contribution in [0.25, 0.3) is 0 Å². The summed E-state index contributed by atoms with van der Waals surface area (Å²) in [6.45, 7) is 3.44. The van der Waals surface area contributed by atoms with Crippen molar-refractivity contribution in [2.75, 3.05) is 0 Å². The third-order valence-electron chi connectivity index (χ3n) is 1.47. The zero-order valence-electron chi connectivity index (χ0n) is 8.97. The highest BCUT2D eigenvalue weighted by molar-refractivity contribution is 9.10. The Bertz CT molecular complexity index is 446. The van der Waals surface area contributed by atoms with Gasteiger partial charge >= 0.3 is 0 Å². The molecule has 17 heavy (non-hydrogen) atoms. The summed E-state index contributed by atoms with van der Waals surface area (Å²) in [5.41, 5.74) is -0.208. The van der Waals surface area contributed by atoms with Crippen molar-refractivity contribution >= 4 is 27.9 Å². The van der Waals surface area contributed by atoms with Crippen molar-refractivity contribution in [2.24, 2.45) is 5.16 Å². The van der Waals surface area contributed by atoms with Gasteiger partial charge in [0.1, 0.15) is 5.82 Å². The van der Waals surface area contributed by atoms with E-state index in [2.05, 4.69) is 21.1 Å². The van der Waals surface area contributed by atoms with Crippen LogP contribution >= 0.6 is 15.9 Å². The minimum absolute atomic E-state index is 0.0693. The minimum Gasteiger partial charge on any atom is -0.411 e. The molecule has 0 spiro atoms. The topological polar surface area (TPSA) is 49.7 Å². The average molecular weight is 312 g/mol. The summed E-state index contributed by atoms with van der Waals surface area (Å²) in [6.07, 6.45) is -0.0693. The van der Waals surface area contributed by atoms with Crippen LogP contribution in [0.15, 0.2) is 15.7 Å². The summed E-state index contributed by atoms with van der Waals surface area (Å²) in [6, 6.07) is 0.697. The Morgan fingerprint density at radius 2 is 1.82 bits per heavy atom. The lowest BCUT2D eigenvalue weighted by Crippen LogP contribution is -1.98. The number of nitrogens with zero attached hydrogens (tertiary/aromatic N) is 1. The lowest BCUT2D eigenvalue weighted by Gasteiger charge is -1.99. The molecule has 0 unspecified atom stereocenters. The summed E-state index contributed by atoms with van der Waals surface area (Å²) in [4.78, 5) is 10.0. The molecule has 0 fully saturated rings. The summed E-state index contributed by atoms with van der Waals surface area (Å²) < 4.78 is 37.5. The molecule has 1 rings (SSSR count). The Labute approximate surface area is 104 Å². The number of aldehydes is 1. The van der Waals surface area contributed by atoms with Gasteiger partial charge in [-0.1, -0.05) is 5.16 Å². The van der Waals surface area contributed by atoms with Gasteiger partial charge in [-0.2, -0.15) is 0 Å². The predicted molar refractivity (Wildman–Crippen MR) is 60.0 cm³/mol. The predicted octanol–water partition coefficient (Wildman–Crippen LogP) is 3.54. The maximum Gasteiger partial charge on any atom is 0.173 e. The summed E-state index contributed by atoms with van der Waals surface area (Å²) in [5.74, 6) is -3.83. The van der Waals surface area contributed by atoms with Crippen molar-refractivity contribution < 1.29 is 23.2 Å². The van der Waals surface area contributed by atoms with E-state index in [9.17, 15) is 18.0 Å². The van der Waals surface area contributed by atoms with Gasteiger partial charge in [0.2, 0.25) is 0 Å². The number of benzene rings is 1. The smallest absolute Gasteiger partial charge is 0.173 e. The standard InChI is InChI=1S/C7H2BrF3O.C3H7NO/c8-4-1-5(9)3(2-12)6(10)7(4)11;1-3(2)4-5/h1-2H;5H,1-2H3. The van der Waals surface area contributed by atoms with Crippen molar-refractivity contribution in [2.45, 2.75) is 13.8 Å². The first-order valence-corrected chi connectivity index (χ1v) is 5.07. The number of hydrogen-bond donors (Lipinski definition) is 1. The molecule has 1 aromatic rings. The first-order valence-electron chi connectivity index (χ1n) is 4.28. The SMILES string of the molecule is CC(C)=NO.O=Cc1c(F)cc(Br)c(F)c1F. The Hall–Kier alpha value is -1.37. The van der Waals surface area contributed by atoms with Gasteiger partial charge in [-0.25, -0.2) is 13.2 Å². The van der Waals surface area contributed by atoms with E-state index in [1.165, 1.54) is 0 Å². The molecular formula is C10H9BrF3NO2. The Balaban J connectivity index is 0.000000437. The van der Waals surface area contributed by atoms with Gasteiger partial charge in [0.25, 0.3) is 0 Å². The lowest BCUT2D eigenvalue weighted by atomic mass is 10.2. The van der Waals surface area contributed by atoms with Crippen LogP contribution in [0.1, 0.15) is 24.2 Å². The molecule has 0 aliphatic heterocycles. The first kappa shape index (κ1) is 15.6. The van der Waals surface area contributed by atoms with Crippen molar-refractivity contribution in [3.63, 3.8) is 0 Å². The highest BCUT2D eigenvalue weighted by Crippen LogP contribution is 2.22. The zero-order valence-corrected chi connectivity index (χ0v) is 10.6. The quantitative estimate of drug-likeness (QED) is 0.215. The number of oxime groups is 1. The zero-order chi connectivity index (χ0) is 13.6. The van der Waals surface area contributed by atoms with Gasteiger partial charge in [-0.15, -0.1) is 0 Å². The molecule has 1 aromatic carbocycles. The lowest BCUT2D eigenvalue weighted by molar-refractivity contribution is 0.111. The summed E-state index contributed by atoms with van der Waals surface area (Å²) >= 11 is 2.59. The van der Waals surface area contributed by atoms with Crippen molar-refractivity contribution in [3.8, 4) is 0 Å². The Morgan fingerprint density at radius 1 is 1.35 bits per heavy atom. The highest BCUT2D eigenvalue weighted by Gasteiger charge is 2.16. The fraction of sp³-hybridized carbons (Fsp3) is 0.200. The van der Waals surface area contributed by atoms with E-state index in [-0.39, 0.29) is 10.8 Å². The third kappa shape index (κ3) is 4.56. The molecule has 0 aromatic heterocycles. The van der Waals surface area contributed by atoms with Crippen LogP contribution in [0.4, 0.5) is 13.2 Å². The maximum atomic E-state index is 12.6.